The van der Waals surface area contributed by atoms with Crippen LogP contribution in [0.3, 0.4) is 0 Å². The summed E-state index contributed by atoms with van der Waals surface area (Å²) in [5, 5.41) is 1.21. The summed E-state index contributed by atoms with van der Waals surface area (Å²) in [5.41, 5.74) is 0. The van der Waals surface area contributed by atoms with Gasteiger partial charge in [0.1, 0.15) is 6.61 Å². The summed E-state index contributed by atoms with van der Waals surface area (Å²) < 4.78 is 5.50. The Balaban J connectivity index is 1.86. The molecule has 0 spiro atoms. The highest BCUT2D eigenvalue weighted by Gasteiger charge is 2.10. The summed E-state index contributed by atoms with van der Waals surface area (Å²) in [6, 6.07) is 20.3. The molecule has 0 amide bonds. The van der Waals surface area contributed by atoms with Gasteiger partial charge in [0.05, 0.1) is 0 Å². The third-order valence-corrected chi connectivity index (χ3v) is 4.55. The zero-order chi connectivity index (χ0) is 16.6. The summed E-state index contributed by atoms with van der Waals surface area (Å²) in [4.78, 5) is 15.4. The predicted octanol–water partition coefficient (Wildman–Crippen LogP) is 4.74. The van der Waals surface area contributed by atoms with E-state index >= 15 is 0 Å². The first kappa shape index (κ1) is 16.5. The standard InChI is InChI=1S/C18H15N3OS2/c1-2-13-22-16-19-17(23-14-9-5-3-6-10-14)21-18(20-16)24-15-11-7-4-8-12-15/h2-12H,1,13H2. The van der Waals surface area contributed by atoms with E-state index in [4.69, 9.17) is 4.74 Å². The molecule has 0 saturated carbocycles. The van der Waals surface area contributed by atoms with E-state index in [2.05, 4.69) is 21.5 Å². The molecule has 0 aliphatic carbocycles. The summed E-state index contributed by atoms with van der Waals surface area (Å²) in [6.07, 6.45) is 1.66. The Labute approximate surface area is 149 Å². The molecule has 4 nitrogen and oxygen atoms in total. The Morgan fingerprint density at radius 1 is 0.792 bits per heavy atom. The number of aromatic nitrogens is 3. The molecule has 0 bridgehead atoms. The van der Waals surface area contributed by atoms with E-state index in [1.165, 1.54) is 23.5 Å². The van der Waals surface area contributed by atoms with E-state index in [0.29, 0.717) is 22.9 Å². The van der Waals surface area contributed by atoms with Gasteiger partial charge in [-0.15, -0.1) is 0 Å². The summed E-state index contributed by atoms with van der Waals surface area (Å²) >= 11 is 2.96. The number of benzene rings is 2. The van der Waals surface area contributed by atoms with Crippen LogP contribution in [-0.4, -0.2) is 21.6 Å². The lowest BCUT2D eigenvalue weighted by Crippen LogP contribution is -2.02. The van der Waals surface area contributed by atoms with Gasteiger partial charge in [-0.1, -0.05) is 49.1 Å². The molecule has 6 heteroatoms. The van der Waals surface area contributed by atoms with Crippen molar-refractivity contribution in [1.29, 1.82) is 0 Å². The lowest BCUT2D eigenvalue weighted by Gasteiger charge is -2.07. The van der Waals surface area contributed by atoms with E-state index in [1.54, 1.807) is 6.08 Å². The van der Waals surface area contributed by atoms with E-state index in [1.807, 2.05) is 60.7 Å². The molecule has 120 valence electrons. The van der Waals surface area contributed by atoms with Crippen LogP contribution in [0.15, 0.2) is 93.4 Å². The van der Waals surface area contributed by atoms with Gasteiger partial charge in [-0.05, 0) is 47.8 Å². The molecular formula is C18H15N3OS2. The van der Waals surface area contributed by atoms with Crippen molar-refractivity contribution >= 4 is 23.5 Å². The van der Waals surface area contributed by atoms with E-state index in [-0.39, 0.29) is 0 Å². The molecular weight excluding hydrogens is 338 g/mol. The normalized spacial score (nSPS) is 10.3. The van der Waals surface area contributed by atoms with Crippen LogP contribution in [0.1, 0.15) is 0 Å². The quantitative estimate of drug-likeness (QED) is 0.572. The molecule has 0 aliphatic rings. The van der Waals surface area contributed by atoms with Crippen molar-refractivity contribution in [3.8, 4) is 6.01 Å². The maximum Gasteiger partial charge on any atom is 0.321 e. The minimum Gasteiger partial charge on any atom is -0.459 e. The SMILES string of the molecule is C=CCOc1nc(Sc2ccccc2)nc(Sc2ccccc2)n1. The van der Waals surface area contributed by atoms with Crippen LogP contribution in [0.2, 0.25) is 0 Å². The number of rotatable bonds is 7. The largest absolute Gasteiger partial charge is 0.459 e. The first-order valence-electron chi connectivity index (χ1n) is 7.29. The third kappa shape index (κ3) is 4.84. The molecule has 3 aromatic rings. The van der Waals surface area contributed by atoms with E-state index in [0.717, 1.165) is 9.79 Å². The molecule has 0 unspecified atom stereocenters. The predicted molar refractivity (Wildman–Crippen MR) is 96.6 cm³/mol. The van der Waals surface area contributed by atoms with Crippen LogP contribution in [0.4, 0.5) is 0 Å². The van der Waals surface area contributed by atoms with Crippen molar-refractivity contribution in [2.75, 3.05) is 6.61 Å². The average Bonchev–Trinajstić information content (AvgIpc) is 2.61. The highest BCUT2D eigenvalue weighted by molar-refractivity contribution is 7.99. The average molecular weight is 353 g/mol. The van der Waals surface area contributed by atoms with Gasteiger partial charge < -0.3 is 4.74 Å². The minimum absolute atomic E-state index is 0.307. The van der Waals surface area contributed by atoms with E-state index in [9.17, 15) is 0 Å². The molecule has 1 aromatic heterocycles. The van der Waals surface area contributed by atoms with Crippen molar-refractivity contribution in [3.63, 3.8) is 0 Å². The second kappa shape index (κ2) is 8.52. The summed E-state index contributed by atoms with van der Waals surface area (Å²) in [6.45, 7) is 4.01. The Bertz CT molecular complexity index is 738. The molecule has 0 radical (unpaired) electrons. The highest BCUT2D eigenvalue weighted by atomic mass is 32.2. The Morgan fingerprint density at radius 2 is 1.29 bits per heavy atom. The van der Waals surface area contributed by atoms with Crippen LogP contribution in [0.25, 0.3) is 0 Å². The Kier molecular flexibility index (Phi) is 5.87. The summed E-state index contributed by atoms with van der Waals surface area (Å²) in [5.74, 6) is 0. The third-order valence-electron chi connectivity index (χ3n) is 2.81. The topological polar surface area (TPSA) is 47.9 Å². The van der Waals surface area contributed by atoms with Crippen molar-refractivity contribution in [2.24, 2.45) is 0 Å². The minimum atomic E-state index is 0.307. The zero-order valence-electron chi connectivity index (χ0n) is 12.8. The Hall–Kier alpha value is -2.31. The number of ether oxygens (including phenoxy) is 1. The fourth-order valence-corrected chi connectivity index (χ4v) is 3.38. The molecule has 1 heterocycles. The second-order valence-corrected chi connectivity index (χ2v) is 6.69. The van der Waals surface area contributed by atoms with Crippen molar-refractivity contribution in [1.82, 2.24) is 15.0 Å². The summed E-state index contributed by atoms with van der Waals surface area (Å²) in [7, 11) is 0. The van der Waals surface area contributed by atoms with Gasteiger partial charge in [-0.25, -0.2) is 0 Å². The van der Waals surface area contributed by atoms with Crippen LogP contribution in [0.5, 0.6) is 6.01 Å². The smallest absolute Gasteiger partial charge is 0.321 e. The van der Waals surface area contributed by atoms with Crippen molar-refractivity contribution in [3.05, 3.63) is 73.3 Å². The van der Waals surface area contributed by atoms with Crippen LogP contribution >= 0.6 is 23.5 Å². The van der Waals surface area contributed by atoms with Gasteiger partial charge in [0.2, 0.25) is 0 Å². The fraction of sp³-hybridized carbons (Fsp3) is 0.0556. The fourth-order valence-electron chi connectivity index (χ4n) is 1.80. The number of hydrogen-bond donors (Lipinski definition) is 0. The van der Waals surface area contributed by atoms with Gasteiger partial charge in [-0.3, -0.25) is 0 Å². The lowest BCUT2D eigenvalue weighted by molar-refractivity contribution is 0.323. The second-order valence-electron chi connectivity index (χ2n) is 4.61. The van der Waals surface area contributed by atoms with Crippen molar-refractivity contribution in [2.45, 2.75) is 20.1 Å². The van der Waals surface area contributed by atoms with Crippen LogP contribution in [0, 0.1) is 0 Å². The first-order valence-corrected chi connectivity index (χ1v) is 8.92. The highest BCUT2D eigenvalue weighted by Crippen LogP contribution is 2.30. The lowest BCUT2D eigenvalue weighted by atomic mass is 10.4. The molecule has 0 saturated heterocycles. The molecule has 0 atom stereocenters. The number of hydrogen-bond acceptors (Lipinski definition) is 6. The van der Waals surface area contributed by atoms with Crippen molar-refractivity contribution < 1.29 is 4.74 Å². The molecule has 0 fully saturated rings. The number of nitrogens with zero attached hydrogens (tertiary/aromatic N) is 3. The zero-order valence-corrected chi connectivity index (χ0v) is 14.5. The maximum absolute atomic E-state index is 5.50. The monoisotopic (exact) mass is 353 g/mol. The Morgan fingerprint density at radius 3 is 1.75 bits per heavy atom. The van der Waals surface area contributed by atoms with Gasteiger partial charge >= 0.3 is 6.01 Å². The van der Waals surface area contributed by atoms with Gasteiger partial charge in [0, 0.05) is 9.79 Å². The van der Waals surface area contributed by atoms with Crippen LogP contribution < -0.4 is 4.74 Å². The first-order chi connectivity index (χ1) is 11.8. The van der Waals surface area contributed by atoms with Gasteiger partial charge in [-0.2, -0.15) is 15.0 Å². The van der Waals surface area contributed by atoms with Gasteiger partial charge in [0.15, 0.2) is 10.3 Å². The molecule has 24 heavy (non-hydrogen) atoms. The van der Waals surface area contributed by atoms with Crippen LogP contribution in [-0.2, 0) is 0 Å². The molecule has 0 aliphatic heterocycles. The molecule has 3 rings (SSSR count). The van der Waals surface area contributed by atoms with Gasteiger partial charge in [0.25, 0.3) is 0 Å². The maximum atomic E-state index is 5.50. The molecule has 2 aromatic carbocycles. The van der Waals surface area contributed by atoms with E-state index < -0.39 is 0 Å². The molecule has 0 N–H and O–H groups in total.